The number of ether oxygens (including phenoxy) is 1. The van der Waals surface area contributed by atoms with Gasteiger partial charge in [-0.05, 0) is 18.6 Å². The summed E-state index contributed by atoms with van der Waals surface area (Å²) in [4.78, 5) is 12.3. The molecule has 0 aliphatic carbocycles. The first kappa shape index (κ1) is 15.4. The molecule has 25 heavy (non-hydrogen) atoms. The van der Waals surface area contributed by atoms with Crippen molar-refractivity contribution in [2.75, 3.05) is 18.5 Å². The van der Waals surface area contributed by atoms with Gasteiger partial charge >= 0.3 is 0 Å². The highest BCUT2D eigenvalue weighted by atomic mass is 16.5. The van der Waals surface area contributed by atoms with Gasteiger partial charge in [0.2, 0.25) is 0 Å². The molecule has 1 aliphatic heterocycles. The van der Waals surface area contributed by atoms with E-state index in [1.54, 1.807) is 16.9 Å². The van der Waals surface area contributed by atoms with E-state index < -0.39 is 0 Å². The standard InChI is InChI=1S/C17H16N6O2/c24-17(15-10-23(22-20-15)13-8-9-25-11-13)18-16-7-6-14(19-21-16)12-4-2-1-3-5-12/h1-7,10,13H,8-9,11H2,(H,18,21,24). The molecule has 126 valence electrons. The Morgan fingerprint density at radius 3 is 2.72 bits per heavy atom. The fourth-order valence-corrected chi connectivity index (χ4v) is 2.63. The van der Waals surface area contributed by atoms with E-state index in [2.05, 4.69) is 25.8 Å². The van der Waals surface area contributed by atoms with Crippen LogP contribution in [0.5, 0.6) is 0 Å². The third-order valence-corrected chi connectivity index (χ3v) is 4.00. The number of hydrogen-bond donors (Lipinski definition) is 1. The Balaban J connectivity index is 1.44. The Labute approximate surface area is 143 Å². The van der Waals surface area contributed by atoms with Crippen LogP contribution in [-0.2, 0) is 4.74 Å². The number of carbonyl (C=O) groups is 1. The quantitative estimate of drug-likeness (QED) is 0.782. The zero-order chi connectivity index (χ0) is 17.1. The zero-order valence-electron chi connectivity index (χ0n) is 13.4. The summed E-state index contributed by atoms with van der Waals surface area (Å²) >= 11 is 0. The summed E-state index contributed by atoms with van der Waals surface area (Å²) < 4.78 is 6.99. The molecule has 3 heterocycles. The van der Waals surface area contributed by atoms with E-state index in [0.717, 1.165) is 17.7 Å². The summed E-state index contributed by atoms with van der Waals surface area (Å²) in [6, 6.07) is 13.4. The lowest BCUT2D eigenvalue weighted by atomic mass is 10.1. The summed E-state index contributed by atoms with van der Waals surface area (Å²) in [5, 5.41) is 18.8. The molecule has 8 heteroatoms. The number of nitrogens with one attached hydrogen (secondary N) is 1. The van der Waals surface area contributed by atoms with E-state index in [0.29, 0.717) is 19.0 Å². The van der Waals surface area contributed by atoms with Gasteiger partial charge in [-0.15, -0.1) is 15.3 Å². The van der Waals surface area contributed by atoms with Crippen LogP contribution in [0, 0.1) is 0 Å². The number of rotatable bonds is 4. The first-order chi connectivity index (χ1) is 12.3. The minimum absolute atomic E-state index is 0.138. The first-order valence-corrected chi connectivity index (χ1v) is 8.00. The second-order valence-corrected chi connectivity index (χ2v) is 5.73. The predicted molar refractivity (Wildman–Crippen MR) is 89.9 cm³/mol. The third kappa shape index (κ3) is 3.38. The van der Waals surface area contributed by atoms with Gasteiger partial charge in [-0.2, -0.15) is 0 Å². The van der Waals surface area contributed by atoms with Crippen LogP contribution < -0.4 is 5.32 Å². The average Bonchev–Trinajstić information content (AvgIpc) is 3.35. The molecule has 4 rings (SSSR count). The predicted octanol–water partition coefficient (Wildman–Crippen LogP) is 1.95. The maximum Gasteiger partial charge on any atom is 0.279 e. The van der Waals surface area contributed by atoms with Crippen LogP contribution in [0.25, 0.3) is 11.3 Å². The smallest absolute Gasteiger partial charge is 0.279 e. The van der Waals surface area contributed by atoms with E-state index in [1.165, 1.54) is 0 Å². The minimum Gasteiger partial charge on any atom is -0.379 e. The first-order valence-electron chi connectivity index (χ1n) is 8.00. The normalized spacial score (nSPS) is 16.7. The monoisotopic (exact) mass is 336 g/mol. The Morgan fingerprint density at radius 1 is 1.12 bits per heavy atom. The Hall–Kier alpha value is -3.13. The van der Waals surface area contributed by atoms with E-state index in [4.69, 9.17) is 4.74 Å². The van der Waals surface area contributed by atoms with Crippen molar-refractivity contribution in [3.8, 4) is 11.3 Å². The molecule has 1 unspecified atom stereocenters. The average molecular weight is 336 g/mol. The van der Waals surface area contributed by atoms with E-state index >= 15 is 0 Å². The molecule has 1 fully saturated rings. The van der Waals surface area contributed by atoms with Crippen molar-refractivity contribution in [2.45, 2.75) is 12.5 Å². The largest absolute Gasteiger partial charge is 0.379 e. The summed E-state index contributed by atoms with van der Waals surface area (Å²) in [5.41, 5.74) is 1.95. The van der Waals surface area contributed by atoms with Gasteiger partial charge in [0.05, 0.1) is 24.5 Å². The molecule has 1 amide bonds. The molecule has 1 saturated heterocycles. The van der Waals surface area contributed by atoms with Crippen molar-refractivity contribution in [1.29, 1.82) is 0 Å². The molecule has 3 aromatic rings. The number of carbonyl (C=O) groups excluding carboxylic acids is 1. The van der Waals surface area contributed by atoms with Crippen LogP contribution in [0.1, 0.15) is 23.0 Å². The van der Waals surface area contributed by atoms with Crippen LogP contribution in [0.4, 0.5) is 5.82 Å². The Kier molecular flexibility index (Phi) is 4.17. The number of nitrogens with zero attached hydrogens (tertiary/aromatic N) is 5. The van der Waals surface area contributed by atoms with Crippen molar-refractivity contribution < 1.29 is 9.53 Å². The van der Waals surface area contributed by atoms with Crippen LogP contribution in [-0.4, -0.2) is 44.3 Å². The lowest BCUT2D eigenvalue weighted by Gasteiger charge is -2.05. The maximum atomic E-state index is 12.3. The number of amides is 1. The van der Waals surface area contributed by atoms with Gasteiger partial charge in [0.15, 0.2) is 11.5 Å². The minimum atomic E-state index is -0.369. The van der Waals surface area contributed by atoms with Crippen LogP contribution >= 0.6 is 0 Å². The van der Waals surface area contributed by atoms with Crippen molar-refractivity contribution in [3.63, 3.8) is 0 Å². The molecule has 1 aliphatic rings. The topological polar surface area (TPSA) is 94.8 Å². The van der Waals surface area contributed by atoms with Crippen molar-refractivity contribution in [3.05, 3.63) is 54.4 Å². The molecular weight excluding hydrogens is 320 g/mol. The second-order valence-electron chi connectivity index (χ2n) is 5.73. The number of hydrogen-bond acceptors (Lipinski definition) is 6. The van der Waals surface area contributed by atoms with Gasteiger partial charge in [0, 0.05) is 12.2 Å². The fraction of sp³-hybridized carbons (Fsp3) is 0.235. The molecule has 0 bridgehead atoms. The molecular formula is C17H16N6O2. The van der Waals surface area contributed by atoms with Crippen molar-refractivity contribution >= 4 is 11.7 Å². The molecule has 1 atom stereocenters. The van der Waals surface area contributed by atoms with Crippen LogP contribution in [0.15, 0.2) is 48.7 Å². The van der Waals surface area contributed by atoms with Gasteiger partial charge < -0.3 is 10.1 Å². The highest BCUT2D eigenvalue weighted by Crippen LogP contribution is 2.18. The van der Waals surface area contributed by atoms with Crippen LogP contribution in [0.2, 0.25) is 0 Å². The van der Waals surface area contributed by atoms with Gasteiger partial charge in [0.1, 0.15) is 0 Å². The molecule has 1 aromatic carbocycles. The summed E-state index contributed by atoms with van der Waals surface area (Å²) in [6.45, 7) is 1.30. The van der Waals surface area contributed by atoms with Crippen LogP contribution in [0.3, 0.4) is 0 Å². The molecule has 1 N–H and O–H groups in total. The summed E-state index contributed by atoms with van der Waals surface area (Å²) in [7, 11) is 0. The Morgan fingerprint density at radius 2 is 2.00 bits per heavy atom. The zero-order valence-corrected chi connectivity index (χ0v) is 13.4. The van der Waals surface area contributed by atoms with E-state index in [9.17, 15) is 4.79 Å². The lowest BCUT2D eigenvalue weighted by Crippen LogP contribution is -2.14. The van der Waals surface area contributed by atoms with Gasteiger partial charge in [-0.1, -0.05) is 35.5 Å². The fourth-order valence-electron chi connectivity index (χ4n) is 2.63. The van der Waals surface area contributed by atoms with Gasteiger partial charge in [-0.3, -0.25) is 4.79 Å². The van der Waals surface area contributed by atoms with Gasteiger partial charge in [0.25, 0.3) is 5.91 Å². The molecule has 8 nitrogen and oxygen atoms in total. The van der Waals surface area contributed by atoms with Gasteiger partial charge in [-0.25, -0.2) is 4.68 Å². The summed E-state index contributed by atoms with van der Waals surface area (Å²) in [5.74, 6) is -0.00430. The SMILES string of the molecule is O=C(Nc1ccc(-c2ccccc2)nn1)c1cn(C2CCOC2)nn1. The highest BCUT2D eigenvalue weighted by molar-refractivity contribution is 6.02. The number of aromatic nitrogens is 5. The highest BCUT2D eigenvalue weighted by Gasteiger charge is 2.21. The van der Waals surface area contributed by atoms with Crippen molar-refractivity contribution in [2.24, 2.45) is 0 Å². The Bertz CT molecular complexity index is 856. The third-order valence-electron chi connectivity index (χ3n) is 4.00. The summed E-state index contributed by atoms with van der Waals surface area (Å²) in [6.07, 6.45) is 2.50. The second kappa shape index (κ2) is 6.78. The molecule has 0 radical (unpaired) electrons. The van der Waals surface area contributed by atoms with E-state index in [1.807, 2.05) is 36.4 Å². The molecule has 0 saturated carbocycles. The van der Waals surface area contributed by atoms with E-state index in [-0.39, 0.29) is 17.6 Å². The maximum absolute atomic E-state index is 12.3. The molecule has 2 aromatic heterocycles. The number of anilines is 1. The van der Waals surface area contributed by atoms with Crippen molar-refractivity contribution in [1.82, 2.24) is 25.2 Å². The lowest BCUT2D eigenvalue weighted by molar-refractivity contribution is 0.102. The molecule has 0 spiro atoms. The number of benzene rings is 1.